The first-order valence-electron chi connectivity index (χ1n) is 8.90. The number of hydrogen-bond acceptors (Lipinski definition) is 6. The molecule has 3 rings (SSSR count). The van der Waals surface area contributed by atoms with Crippen molar-refractivity contribution in [3.63, 3.8) is 0 Å². The Balaban J connectivity index is 1.52. The van der Waals surface area contributed by atoms with Crippen LogP contribution in [0.2, 0.25) is 0 Å². The van der Waals surface area contributed by atoms with Crippen LogP contribution in [0, 0.1) is 6.92 Å². The Morgan fingerprint density at radius 1 is 1.31 bits per heavy atom. The van der Waals surface area contributed by atoms with Crippen LogP contribution in [0.3, 0.4) is 0 Å². The van der Waals surface area contributed by atoms with Gasteiger partial charge in [0.2, 0.25) is 0 Å². The minimum atomic E-state index is -0.129. The summed E-state index contributed by atoms with van der Waals surface area (Å²) in [7, 11) is 3.95. The quantitative estimate of drug-likeness (QED) is 0.874. The van der Waals surface area contributed by atoms with Gasteiger partial charge in [0.15, 0.2) is 5.82 Å². The Morgan fingerprint density at radius 2 is 2.15 bits per heavy atom. The first-order valence-corrected chi connectivity index (χ1v) is 8.90. The molecule has 1 saturated heterocycles. The van der Waals surface area contributed by atoms with Crippen LogP contribution in [0.25, 0.3) is 0 Å². The lowest BCUT2D eigenvalue weighted by molar-refractivity contribution is 0.213. The van der Waals surface area contributed by atoms with Gasteiger partial charge < -0.3 is 19.6 Å². The molecular formula is C18H26N6O2. The highest BCUT2D eigenvalue weighted by Crippen LogP contribution is 2.19. The number of nitrogens with one attached hydrogen (secondary N) is 2. The number of anilines is 3. The van der Waals surface area contributed by atoms with Gasteiger partial charge in [0.1, 0.15) is 11.6 Å². The summed E-state index contributed by atoms with van der Waals surface area (Å²) < 4.78 is 4.98. The van der Waals surface area contributed by atoms with E-state index in [2.05, 4.69) is 20.8 Å². The number of pyridine rings is 1. The summed E-state index contributed by atoms with van der Waals surface area (Å²) in [6.45, 7) is 3.23. The van der Waals surface area contributed by atoms with Gasteiger partial charge in [-0.15, -0.1) is 0 Å². The monoisotopic (exact) mass is 358 g/mol. The molecule has 0 saturated carbocycles. The van der Waals surface area contributed by atoms with Crippen molar-refractivity contribution in [3.05, 3.63) is 30.2 Å². The predicted molar refractivity (Wildman–Crippen MR) is 102 cm³/mol. The molecule has 2 amide bonds. The number of aryl methyl sites for hydroxylation is 1. The van der Waals surface area contributed by atoms with Crippen LogP contribution < -0.4 is 15.5 Å². The summed E-state index contributed by atoms with van der Waals surface area (Å²) in [5.74, 6) is 2.06. The molecule has 0 bridgehead atoms. The Hall–Kier alpha value is -2.77. The third-order valence-corrected chi connectivity index (χ3v) is 4.46. The zero-order valence-electron chi connectivity index (χ0n) is 15.5. The minimum absolute atomic E-state index is 0.129. The summed E-state index contributed by atoms with van der Waals surface area (Å²) in [6.07, 6.45) is 4.72. The first kappa shape index (κ1) is 18.0. The van der Waals surface area contributed by atoms with Crippen LogP contribution in [0.1, 0.15) is 25.0 Å². The molecule has 0 radical (unpaired) electrons. The smallest absolute Gasteiger partial charge is 0.323 e. The molecule has 26 heavy (non-hydrogen) atoms. The van der Waals surface area contributed by atoms with Crippen molar-refractivity contribution in [2.24, 2.45) is 0 Å². The summed E-state index contributed by atoms with van der Waals surface area (Å²) in [5, 5.41) is 10.1. The number of urea groups is 1. The number of nitrogens with zero attached hydrogens (tertiary/aromatic N) is 4. The number of hydrogen-bond donors (Lipinski definition) is 2. The van der Waals surface area contributed by atoms with Crippen LogP contribution in [0.15, 0.2) is 28.9 Å². The van der Waals surface area contributed by atoms with Crippen molar-refractivity contribution in [2.75, 3.05) is 42.7 Å². The zero-order valence-corrected chi connectivity index (χ0v) is 15.5. The number of aromatic nitrogens is 2. The van der Waals surface area contributed by atoms with E-state index >= 15 is 0 Å². The SMILES string of the molecule is Cc1cc(NC(=O)N2CCC[C@H](Nc3ccc(N(C)C)nc3)CC2)no1. The van der Waals surface area contributed by atoms with E-state index in [-0.39, 0.29) is 6.03 Å². The second-order valence-corrected chi connectivity index (χ2v) is 6.81. The molecule has 1 fully saturated rings. The molecule has 3 heterocycles. The third kappa shape index (κ3) is 4.65. The normalized spacial score (nSPS) is 17.5. The lowest BCUT2D eigenvalue weighted by atomic mass is 10.1. The van der Waals surface area contributed by atoms with Crippen molar-refractivity contribution < 1.29 is 9.32 Å². The van der Waals surface area contributed by atoms with E-state index in [1.165, 1.54) is 0 Å². The fourth-order valence-electron chi connectivity index (χ4n) is 3.03. The molecule has 0 aromatic carbocycles. The van der Waals surface area contributed by atoms with Gasteiger partial charge in [-0.1, -0.05) is 5.16 Å². The second-order valence-electron chi connectivity index (χ2n) is 6.81. The molecule has 0 spiro atoms. The van der Waals surface area contributed by atoms with Gasteiger partial charge >= 0.3 is 6.03 Å². The van der Waals surface area contributed by atoms with Gasteiger partial charge in [-0.2, -0.15) is 0 Å². The molecule has 1 aliphatic heterocycles. The number of likely N-dealkylation sites (tertiary alicyclic amines) is 1. The largest absolute Gasteiger partial charge is 0.381 e. The van der Waals surface area contributed by atoms with E-state index in [9.17, 15) is 4.79 Å². The Kier molecular flexibility index (Phi) is 5.60. The molecule has 0 unspecified atom stereocenters. The van der Waals surface area contributed by atoms with Gasteiger partial charge in [-0.25, -0.2) is 9.78 Å². The van der Waals surface area contributed by atoms with Crippen molar-refractivity contribution in [3.8, 4) is 0 Å². The van der Waals surface area contributed by atoms with Crippen LogP contribution in [-0.4, -0.2) is 54.3 Å². The van der Waals surface area contributed by atoms with Crippen LogP contribution in [-0.2, 0) is 0 Å². The molecule has 8 nitrogen and oxygen atoms in total. The maximum atomic E-state index is 12.4. The van der Waals surface area contributed by atoms with Crippen molar-refractivity contribution in [1.82, 2.24) is 15.0 Å². The lowest BCUT2D eigenvalue weighted by Crippen LogP contribution is -2.36. The highest BCUT2D eigenvalue weighted by Gasteiger charge is 2.21. The van der Waals surface area contributed by atoms with E-state index in [1.54, 1.807) is 13.0 Å². The predicted octanol–water partition coefficient (Wildman–Crippen LogP) is 2.94. The Labute approximate surface area is 153 Å². The topological polar surface area (TPSA) is 86.5 Å². The van der Waals surface area contributed by atoms with Gasteiger partial charge in [0.25, 0.3) is 0 Å². The van der Waals surface area contributed by atoms with E-state index in [0.29, 0.717) is 24.2 Å². The summed E-state index contributed by atoms with van der Waals surface area (Å²) >= 11 is 0. The molecule has 8 heteroatoms. The van der Waals surface area contributed by atoms with Crippen molar-refractivity contribution >= 4 is 23.4 Å². The van der Waals surface area contributed by atoms with Gasteiger partial charge in [-0.05, 0) is 38.3 Å². The number of rotatable bonds is 4. The molecule has 2 aromatic rings. The number of carbonyl (C=O) groups excluding carboxylic acids is 1. The Morgan fingerprint density at radius 3 is 2.81 bits per heavy atom. The van der Waals surface area contributed by atoms with Crippen LogP contribution in [0.5, 0.6) is 0 Å². The first-order chi connectivity index (χ1) is 12.5. The summed E-state index contributed by atoms with van der Waals surface area (Å²) in [5.41, 5.74) is 1.01. The third-order valence-electron chi connectivity index (χ3n) is 4.46. The van der Waals surface area contributed by atoms with Gasteiger partial charge in [0.05, 0.1) is 11.9 Å². The molecule has 2 N–H and O–H groups in total. The lowest BCUT2D eigenvalue weighted by Gasteiger charge is -2.21. The van der Waals surface area contributed by atoms with Crippen molar-refractivity contribution in [1.29, 1.82) is 0 Å². The highest BCUT2D eigenvalue weighted by atomic mass is 16.5. The number of carbonyl (C=O) groups is 1. The average Bonchev–Trinajstić information content (AvgIpc) is 2.88. The maximum Gasteiger partial charge on any atom is 0.323 e. The van der Waals surface area contributed by atoms with E-state index in [1.807, 2.05) is 42.2 Å². The van der Waals surface area contributed by atoms with E-state index < -0.39 is 0 Å². The second kappa shape index (κ2) is 8.07. The van der Waals surface area contributed by atoms with Gasteiger partial charge in [-0.3, -0.25) is 5.32 Å². The summed E-state index contributed by atoms with van der Waals surface area (Å²) in [6, 6.07) is 5.96. The molecule has 140 valence electrons. The van der Waals surface area contributed by atoms with E-state index in [4.69, 9.17) is 4.52 Å². The Bertz CT molecular complexity index is 728. The maximum absolute atomic E-state index is 12.4. The molecule has 1 atom stereocenters. The zero-order chi connectivity index (χ0) is 18.5. The summed E-state index contributed by atoms with van der Waals surface area (Å²) in [4.78, 5) is 20.6. The fraction of sp³-hybridized carbons (Fsp3) is 0.500. The molecule has 1 aliphatic rings. The average molecular weight is 358 g/mol. The van der Waals surface area contributed by atoms with Crippen molar-refractivity contribution in [2.45, 2.75) is 32.2 Å². The highest BCUT2D eigenvalue weighted by molar-refractivity contribution is 5.88. The number of amides is 2. The van der Waals surface area contributed by atoms with E-state index in [0.717, 1.165) is 37.3 Å². The molecular weight excluding hydrogens is 332 g/mol. The fourth-order valence-corrected chi connectivity index (χ4v) is 3.03. The molecule has 2 aromatic heterocycles. The minimum Gasteiger partial charge on any atom is -0.381 e. The van der Waals surface area contributed by atoms with Crippen LogP contribution in [0.4, 0.5) is 22.1 Å². The molecule has 0 aliphatic carbocycles. The van der Waals surface area contributed by atoms with Gasteiger partial charge in [0, 0.05) is 39.3 Å². The van der Waals surface area contributed by atoms with Crippen LogP contribution >= 0.6 is 0 Å². The standard InChI is InChI=1S/C18H26N6O2/c1-13-11-16(22-26-13)21-18(25)24-9-4-5-14(8-10-24)20-15-6-7-17(19-12-15)23(2)3/h6-7,11-12,14,20H,4-5,8-10H2,1-3H3,(H,21,22,25)/t14-/m0/s1.